The first-order valence-electron chi connectivity index (χ1n) is 1.72. The van der Waals surface area contributed by atoms with Gasteiger partial charge in [0.1, 0.15) is 0 Å². The van der Waals surface area contributed by atoms with Crippen molar-refractivity contribution in [3.05, 3.63) is 0 Å². The van der Waals surface area contributed by atoms with E-state index in [4.69, 9.17) is 0 Å². The zero-order valence-electron chi connectivity index (χ0n) is 4.54. The minimum Gasteiger partial charge on any atom is -0.289 e. The largest absolute Gasteiger partial charge is 0.357 e. The highest BCUT2D eigenvalue weighted by Crippen LogP contribution is 1.79. The summed E-state index contributed by atoms with van der Waals surface area (Å²) in [5, 5.41) is 0. The fourth-order valence-corrected chi connectivity index (χ4v) is 0.408. The number of nitrogens with one attached hydrogen (secondary N) is 1. The first-order chi connectivity index (χ1) is 3.62. The van der Waals surface area contributed by atoms with Gasteiger partial charge in [0.2, 0.25) is 0 Å². The van der Waals surface area contributed by atoms with Crippen LogP contribution in [0.25, 0.3) is 0 Å². The van der Waals surface area contributed by atoms with E-state index in [1.54, 1.807) is 4.89 Å². The molecule has 50 valence electrons. The molecule has 0 saturated heterocycles. The highest BCUT2D eigenvalue weighted by molar-refractivity contribution is 7.84. The van der Waals surface area contributed by atoms with E-state index in [2.05, 4.69) is 9.02 Å². The van der Waals surface area contributed by atoms with E-state index >= 15 is 0 Å². The van der Waals surface area contributed by atoms with Crippen LogP contribution in [-0.2, 0) is 19.3 Å². The van der Waals surface area contributed by atoms with E-state index in [1.807, 2.05) is 0 Å². The molecule has 1 N–H and O–H groups in total. The van der Waals surface area contributed by atoms with Gasteiger partial charge in [0, 0.05) is 0 Å². The van der Waals surface area contributed by atoms with Crippen molar-refractivity contribution in [1.82, 2.24) is 4.89 Å². The average Bonchev–Trinajstić information content (AvgIpc) is 1.67. The van der Waals surface area contributed by atoms with Gasteiger partial charge in [0.15, 0.2) is 0 Å². The van der Waals surface area contributed by atoms with E-state index in [0.717, 1.165) is 7.11 Å². The third-order valence-electron chi connectivity index (χ3n) is 0.405. The average molecular weight is 141 g/mol. The van der Waals surface area contributed by atoms with Gasteiger partial charge in [0.25, 0.3) is 0 Å². The standard InChI is InChI=1S/C2H7NO4S/c1-6-3-8(4,5)7-2/h3H,1-2H3. The smallest absolute Gasteiger partial charge is 0.289 e. The summed E-state index contributed by atoms with van der Waals surface area (Å²) in [6, 6.07) is 0. The molecule has 0 bridgehead atoms. The molecule has 8 heavy (non-hydrogen) atoms. The Morgan fingerprint density at radius 1 is 1.38 bits per heavy atom. The number of rotatable bonds is 3. The lowest BCUT2D eigenvalue weighted by atomic mass is 11.7. The first-order valence-corrected chi connectivity index (χ1v) is 3.13. The topological polar surface area (TPSA) is 64.6 Å². The lowest BCUT2D eigenvalue weighted by Crippen LogP contribution is -2.22. The zero-order valence-corrected chi connectivity index (χ0v) is 5.36. The second-order valence-corrected chi connectivity index (χ2v) is 2.32. The second-order valence-electron chi connectivity index (χ2n) is 0.908. The molecule has 0 aromatic heterocycles. The van der Waals surface area contributed by atoms with Gasteiger partial charge in [-0.3, -0.25) is 9.02 Å². The molecular formula is C2H7NO4S. The highest BCUT2D eigenvalue weighted by Gasteiger charge is 2.03. The summed E-state index contributed by atoms with van der Waals surface area (Å²) in [6.45, 7) is 0. The number of hydrogen-bond donors (Lipinski definition) is 1. The van der Waals surface area contributed by atoms with Crippen molar-refractivity contribution < 1.29 is 17.4 Å². The van der Waals surface area contributed by atoms with E-state index in [0.29, 0.717) is 0 Å². The van der Waals surface area contributed by atoms with Gasteiger partial charge in [-0.1, -0.05) is 4.89 Å². The van der Waals surface area contributed by atoms with Crippen molar-refractivity contribution in [2.24, 2.45) is 0 Å². The lowest BCUT2D eigenvalue weighted by molar-refractivity contribution is 0.140. The van der Waals surface area contributed by atoms with Gasteiger partial charge in [-0.15, -0.1) is 0 Å². The Labute approximate surface area is 47.8 Å². The molecule has 0 rings (SSSR count). The Balaban J connectivity index is 3.76. The van der Waals surface area contributed by atoms with Crippen LogP contribution in [0.3, 0.4) is 0 Å². The molecule has 0 saturated carbocycles. The Bertz CT molecular complexity index is 138. The minimum absolute atomic E-state index is 1.03. The number of hydrogen-bond acceptors (Lipinski definition) is 4. The normalized spacial score (nSPS) is 11.8. The SMILES string of the molecule is CONS(=O)(=O)OC. The van der Waals surface area contributed by atoms with Crippen LogP contribution in [-0.4, -0.2) is 22.6 Å². The van der Waals surface area contributed by atoms with Crippen LogP contribution >= 0.6 is 0 Å². The molecule has 0 fully saturated rings. The molecule has 6 heteroatoms. The molecule has 0 heterocycles. The third-order valence-corrected chi connectivity index (χ3v) is 1.21. The molecule has 0 unspecified atom stereocenters. The maximum atomic E-state index is 10.1. The molecule has 0 radical (unpaired) electrons. The Hall–Kier alpha value is -0.170. The van der Waals surface area contributed by atoms with Gasteiger partial charge in [-0.2, -0.15) is 8.42 Å². The van der Waals surface area contributed by atoms with Crippen LogP contribution in [0.2, 0.25) is 0 Å². The molecule has 0 aliphatic heterocycles. The summed E-state index contributed by atoms with van der Waals surface area (Å²) >= 11 is 0. The van der Waals surface area contributed by atoms with Crippen molar-refractivity contribution in [3.8, 4) is 0 Å². The van der Waals surface area contributed by atoms with Crippen molar-refractivity contribution in [3.63, 3.8) is 0 Å². The fraction of sp³-hybridized carbons (Fsp3) is 1.00. The molecule has 0 atom stereocenters. The van der Waals surface area contributed by atoms with Gasteiger partial charge in [-0.05, 0) is 0 Å². The van der Waals surface area contributed by atoms with Gasteiger partial charge >= 0.3 is 10.3 Å². The van der Waals surface area contributed by atoms with E-state index in [1.165, 1.54) is 7.11 Å². The summed E-state index contributed by atoms with van der Waals surface area (Å²) in [5.74, 6) is 0. The quantitative estimate of drug-likeness (QED) is 0.513. The van der Waals surface area contributed by atoms with Gasteiger partial charge in [0.05, 0.1) is 14.2 Å². The predicted octanol–water partition coefficient (Wildman–Crippen LogP) is -0.971. The first kappa shape index (κ1) is 7.83. The summed E-state index contributed by atoms with van der Waals surface area (Å²) in [5.41, 5.74) is 0. The monoisotopic (exact) mass is 141 g/mol. The van der Waals surface area contributed by atoms with E-state index in [9.17, 15) is 8.42 Å². The Morgan fingerprint density at radius 3 is 2.00 bits per heavy atom. The van der Waals surface area contributed by atoms with Gasteiger partial charge in [-0.25, -0.2) is 0 Å². The van der Waals surface area contributed by atoms with Crippen LogP contribution in [0.4, 0.5) is 0 Å². The van der Waals surface area contributed by atoms with Crippen molar-refractivity contribution in [2.75, 3.05) is 14.2 Å². The summed E-state index contributed by atoms with van der Waals surface area (Å²) in [4.78, 5) is 5.66. The van der Waals surface area contributed by atoms with E-state index in [-0.39, 0.29) is 0 Å². The van der Waals surface area contributed by atoms with Crippen molar-refractivity contribution in [2.45, 2.75) is 0 Å². The van der Waals surface area contributed by atoms with Crippen LogP contribution in [0, 0.1) is 0 Å². The minimum atomic E-state index is -3.64. The maximum Gasteiger partial charge on any atom is 0.357 e. The molecule has 0 aliphatic rings. The maximum absolute atomic E-state index is 10.1. The molecule has 0 amide bonds. The van der Waals surface area contributed by atoms with Crippen LogP contribution in [0.15, 0.2) is 0 Å². The summed E-state index contributed by atoms with van der Waals surface area (Å²) in [6.07, 6.45) is 0. The fourth-order valence-electron chi connectivity index (χ4n) is 0.136. The van der Waals surface area contributed by atoms with Crippen molar-refractivity contribution in [1.29, 1.82) is 0 Å². The van der Waals surface area contributed by atoms with Crippen molar-refractivity contribution >= 4 is 10.3 Å². The summed E-state index contributed by atoms with van der Waals surface area (Å²) < 4.78 is 24.2. The second kappa shape index (κ2) is 2.98. The molecule has 0 aliphatic carbocycles. The highest BCUT2D eigenvalue weighted by atomic mass is 32.2. The lowest BCUT2D eigenvalue weighted by Gasteiger charge is -1.97. The predicted molar refractivity (Wildman–Crippen MR) is 26.1 cm³/mol. The Kier molecular flexibility index (Phi) is 2.91. The molecular weight excluding hydrogens is 134 g/mol. The van der Waals surface area contributed by atoms with Crippen LogP contribution in [0.1, 0.15) is 0 Å². The van der Waals surface area contributed by atoms with E-state index < -0.39 is 10.3 Å². The third kappa shape index (κ3) is 2.92. The van der Waals surface area contributed by atoms with Gasteiger partial charge < -0.3 is 0 Å². The van der Waals surface area contributed by atoms with Crippen LogP contribution < -0.4 is 4.89 Å². The Morgan fingerprint density at radius 2 is 1.88 bits per heavy atom. The zero-order chi connectivity index (χ0) is 6.62. The van der Waals surface area contributed by atoms with Crippen LogP contribution in [0.5, 0.6) is 0 Å². The molecule has 0 aromatic carbocycles. The molecule has 0 aromatic rings. The summed E-state index contributed by atoms with van der Waals surface area (Å²) in [7, 11) is -1.44. The molecule has 5 nitrogen and oxygen atoms in total. The molecule has 0 spiro atoms.